The molecule has 2 atom stereocenters. The molecule has 0 fully saturated rings. The maximum atomic E-state index is 12.4. The molecule has 0 spiro atoms. The van der Waals surface area contributed by atoms with Crippen LogP contribution in [0.15, 0.2) is 24.3 Å². The van der Waals surface area contributed by atoms with Crippen molar-refractivity contribution in [3.05, 3.63) is 24.3 Å². The third-order valence-electron chi connectivity index (χ3n) is 9.13. The number of aliphatic hydroxyl groups is 1. The van der Waals surface area contributed by atoms with Crippen molar-refractivity contribution in [1.82, 2.24) is 5.32 Å². The van der Waals surface area contributed by atoms with Crippen LogP contribution >= 0.6 is 0 Å². The minimum atomic E-state index is -4.34. The second-order valence-corrected chi connectivity index (χ2v) is 15.4. The predicted octanol–water partition coefficient (Wildman–Crippen LogP) is 11.6. The van der Waals surface area contributed by atoms with E-state index in [0.29, 0.717) is 6.42 Å². The van der Waals surface area contributed by atoms with Gasteiger partial charge in [0.2, 0.25) is 5.91 Å². The van der Waals surface area contributed by atoms with Gasteiger partial charge in [0.25, 0.3) is 10.1 Å². The van der Waals surface area contributed by atoms with Crippen molar-refractivity contribution < 1.29 is 22.9 Å². The van der Waals surface area contributed by atoms with E-state index in [2.05, 4.69) is 31.3 Å². The maximum Gasteiger partial charge on any atom is 0.267 e. The van der Waals surface area contributed by atoms with E-state index in [0.717, 1.165) is 38.5 Å². The summed E-state index contributed by atoms with van der Waals surface area (Å²) in [6.45, 7) is 4.51. The third kappa shape index (κ3) is 35.9. The largest absolute Gasteiger partial charge is 0.387 e. The quantitative estimate of drug-likeness (QED) is 0.0346. The third-order valence-corrected chi connectivity index (χ3v) is 9.91. The molecule has 0 radical (unpaired) electrons. The van der Waals surface area contributed by atoms with E-state index in [1.165, 1.54) is 154 Å². The van der Waals surface area contributed by atoms with E-state index >= 15 is 0 Å². The summed E-state index contributed by atoms with van der Waals surface area (Å²) in [6, 6.07) is -1.07. The molecule has 0 aromatic rings. The first-order chi connectivity index (χ1) is 22.8. The Hall–Kier alpha value is -1.18. The Bertz CT molecular complexity index is 842. The van der Waals surface area contributed by atoms with Gasteiger partial charge >= 0.3 is 0 Å². The van der Waals surface area contributed by atoms with Crippen molar-refractivity contribution in [2.24, 2.45) is 0 Å². The summed E-state index contributed by atoms with van der Waals surface area (Å²) in [4.78, 5) is 12.4. The Balaban J connectivity index is 3.92. The van der Waals surface area contributed by atoms with Crippen molar-refractivity contribution in [2.45, 2.75) is 219 Å². The van der Waals surface area contributed by atoms with Crippen LogP contribution in [0.25, 0.3) is 0 Å². The van der Waals surface area contributed by atoms with Gasteiger partial charge < -0.3 is 10.4 Å². The normalized spacial score (nSPS) is 13.5. The lowest BCUT2D eigenvalue weighted by molar-refractivity contribution is -0.122. The number of hydrogen-bond donors (Lipinski definition) is 3. The molecule has 278 valence electrons. The Morgan fingerprint density at radius 2 is 0.915 bits per heavy atom. The summed E-state index contributed by atoms with van der Waals surface area (Å²) in [7, 11) is -4.34. The van der Waals surface area contributed by atoms with Gasteiger partial charge in [0.05, 0.1) is 17.9 Å². The van der Waals surface area contributed by atoms with Crippen molar-refractivity contribution in [3.63, 3.8) is 0 Å². The zero-order valence-electron chi connectivity index (χ0n) is 30.9. The summed E-state index contributed by atoms with van der Waals surface area (Å²) < 4.78 is 32.4. The van der Waals surface area contributed by atoms with Gasteiger partial charge in [0.1, 0.15) is 0 Å². The van der Waals surface area contributed by atoms with Crippen LogP contribution in [0.3, 0.4) is 0 Å². The van der Waals surface area contributed by atoms with Crippen LogP contribution in [-0.4, -0.2) is 41.9 Å². The minimum absolute atomic E-state index is 0.288. The fourth-order valence-electron chi connectivity index (χ4n) is 6.11. The molecule has 0 bridgehead atoms. The van der Waals surface area contributed by atoms with E-state index < -0.39 is 28.0 Å². The lowest BCUT2D eigenvalue weighted by Gasteiger charge is -2.21. The van der Waals surface area contributed by atoms with Crippen LogP contribution in [0.1, 0.15) is 206 Å². The van der Waals surface area contributed by atoms with Gasteiger partial charge in [-0.3, -0.25) is 9.35 Å². The van der Waals surface area contributed by atoms with E-state index in [1.807, 2.05) is 6.08 Å². The number of aliphatic hydroxyl groups excluding tert-OH is 1. The summed E-state index contributed by atoms with van der Waals surface area (Å²) in [5.74, 6) is -0.995. The number of carbonyl (C=O) groups excluding carboxylic acids is 1. The molecule has 2 unspecified atom stereocenters. The SMILES string of the molecule is CCCCCCCCCCCCCCCCC/C=C/CC/C=C/C(O)C(CS(=O)(=O)O)NC(=O)CCCCCCCCCCCCC. The highest BCUT2D eigenvalue weighted by atomic mass is 32.2. The van der Waals surface area contributed by atoms with Crippen molar-refractivity contribution in [3.8, 4) is 0 Å². The van der Waals surface area contributed by atoms with Gasteiger partial charge in [-0.25, -0.2) is 0 Å². The van der Waals surface area contributed by atoms with Crippen LogP contribution in [0.5, 0.6) is 0 Å². The highest BCUT2D eigenvalue weighted by Gasteiger charge is 2.24. The van der Waals surface area contributed by atoms with Crippen LogP contribution in [0, 0.1) is 0 Å². The molecule has 0 aliphatic rings. The fourth-order valence-corrected chi connectivity index (χ4v) is 6.85. The Kier molecular flexibility index (Phi) is 33.8. The van der Waals surface area contributed by atoms with Crippen LogP contribution < -0.4 is 5.32 Å². The first-order valence-corrected chi connectivity index (χ1v) is 21.6. The number of hydrogen-bond acceptors (Lipinski definition) is 4. The Morgan fingerprint density at radius 1 is 0.553 bits per heavy atom. The molecule has 0 aliphatic carbocycles. The van der Waals surface area contributed by atoms with Gasteiger partial charge in [-0.2, -0.15) is 8.42 Å². The monoisotopic (exact) mass is 684 g/mol. The smallest absolute Gasteiger partial charge is 0.267 e. The Morgan fingerprint density at radius 3 is 1.34 bits per heavy atom. The summed E-state index contributed by atoms with van der Waals surface area (Å²) in [5.41, 5.74) is 0. The number of allylic oxidation sites excluding steroid dienone is 3. The standard InChI is InChI=1S/C40H77NO5S/c1-3-5-7-9-11-13-15-16-17-18-19-20-21-22-23-24-26-27-29-31-33-35-39(42)38(37-47(44,45)46)41-40(43)36-34-32-30-28-25-14-12-10-8-6-4-2/h26-27,33,35,38-39,42H,3-25,28-32,34,36-37H2,1-2H3,(H,41,43)(H,44,45,46)/b27-26+,35-33+. The van der Waals surface area contributed by atoms with Crippen molar-refractivity contribution >= 4 is 16.0 Å². The second-order valence-electron chi connectivity index (χ2n) is 13.9. The first-order valence-electron chi connectivity index (χ1n) is 20.0. The molecule has 3 N–H and O–H groups in total. The van der Waals surface area contributed by atoms with Crippen LogP contribution in [0.2, 0.25) is 0 Å². The molecule has 0 heterocycles. The highest BCUT2D eigenvalue weighted by Crippen LogP contribution is 2.15. The summed E-state index contributed by atoms with van der Waals surface area (Å²) in [6.07, 6.45) is 43.2. The van der Waals surface area contributed by atoms with Crippen molar-refractivity contribution in [2.75, 3.05) is 5.75 Å². The van der Waals surface area contributed by atoms with Gasteiger partial charge in [-0.15, -0.1) is 0 Å². The molecule has 0 aromatic heterocycles. The van der Waals surface area contributed by atoms with E-state index in [4.69, 9.17) is 0 Å². The molecular weight excluding hydrogens is 607 g/mol. The average Bonchev–Trinajstić information content (AvgIpc) is 3.03. The van der Waals surface area contributed by atoms with E-state index in [9.17, 15) is 22.9 Å². The molecule has 0 aliphatic heterocycles. The molecule has 0 aromatic carbocycles. The number of nitrogens with one attached hydrogen (secondary N) is 1. The van der Waals surface area contributed by atoms with E-state index in [-0.39, 0.29) is 5.91 Å². The van der Waals surface area contributed by atoms with Crippen LogP contribution in [-0.2, 0) is 14.9 Å². The molecule has 1 amide bonds. The predicted molar refractivity (Wildman–Crippen MR) is 202 cm³/mol. The second kappa shape index (κ2) is 34.7. The van der Waals surface area contributed by atoms with Crippen molar-refractivity contribution in [1.29, 1.82) is 0 Å². The molecule has 0 rings (SSSR count). The molecule has 7 heteroatoms. The van der Waals surface area contributed by atoms with Gasteiger partial charge in [-0.1, -0.05) is 192 Å². The number of unbranched alkanes of at least 4 members (excludes halogenated alkanes) is 26. The molecule has 47 heavy (non-hydrogen) atoms. The topological polar surface area (TPSA) is 104 Å². The Labute approximate surface area is 292 Å². The number of rotatable bonds is 36. The number of amides is 1. The zero-order valence-corrected chi connectivity index (χ0v) is 31.7. The first kappa shape index (κ1) is 45.8. The average molecular weight is 684 g/mol. The molecule has 0 saturated carbocycles. The number of carbonyl (C=O) groups is 1. The minimum Gasteiger partial charge on any atom is -0.387 e. The van der Waals surface area contributed by atoms with Gasteiger partial charge in [-0.05, 0) is 32.1 Å². The zero-order chi connectivity index (χ0) is 34.7. The molecular formula is C40H77NO5S. The van der Waals surface area contributed by atoms with Gasteiger partial charge in [0.15, 0.2) is 0 Å². The highest BCUT2D eigenvalue weighted by molar-refractivity contribution is 7.85. The van der Waals surface area contributed by atoms with E-state index in [1.54, 1.807) is 0 Å². The summed E-state index contributed by atoms with van der Waals surface area (Å²) in [5, 5.41) is 13.2. The summed E-state index contributed by atoms with van der Waals surface area (Å²) >= 11 is 0. The molecule has 6 nitrogen and oxygen atoms in total. The maximum absolute atomic E-state index is 12.4. The lowest BCUT2D eigenvalue weighted by Crippen LogP contribution is -2.46. The fraction of sp³-hybridized carbons (Fsp3) is 0.875. The van der Waals surface area contributed by atoms with Crippen LogP contribution in [0.4, 0.5) is 0 Å². The lowest BCUT2D eigenvalue weighted by atomic mass is 10.0. The molecule has 0 saturated heterocycles. The van der Waals surface area contributed by atoms with Gasteiger partial charge in [0, 0.05) is 6.42 Å².